The van der Waals surface area contributed by atoms with Gasteiger partial charge in [-0.2, -0.15) is 11.8 Å². The number of benzene rings is 1. The number of thioether (sulfide) groups is 1. The summed E-state index contributed by atoms with van der Waals surface area (Å²) in [5, 5.41) is 1.28. The predicted molar refractivity (Wildman–Crippen MR) is 83.8 cm³/mol. The highest BCUT2D eigenvalue weighted by Crippen LogP contribution is 2.35. The Labute approximate surface area is 121 Å². The van der Waals surface area contributed by atoms with Gasteiger partial charge >= 0.3 is 0 Å². The molecule has 2 rings (SSSR count). The first-order valence-corrected chi connectivity index (χ1v) is 8.20. The van der Waals surface area contributed by atoms with Crippen molar-refractivity contribution in [2.45, 2.75) is 55.6 Å². The summed E-state index contributed by atoms with van der Waals surface area (Å²) in [5.41, 5.74) is 7.59. The molecule has 0 aromatic heterocycles. The summed E-state index contributed by atoms with van der Waals surface area (Å²) < 4.78 is 5.18. The Bertz CT molecular complexity index is 373. The van der Waals surface area contributed by atoms with Crippen LogP contribution in [-0.2, 0) is 0 Å². The summed E-state index contributed by atoms with van der Waals surface area (Å²) in [6, 6.07) is 8.27. The van der Waals surface area contributed by atoms with Crippen molar-refractivity contribution >= 4 is 11.8 Å². The average Bonchev–Trinajstić information content (AvgIpc) is 2.47. The van der Waals surface area contributed by atoms with E-state index in [2.05, 4.69) is 30.8 Å². The van der Waals surface area contributed by atoms with Crippen LogP contribution in [0.1, 0.15) is 50.6 Å². The lowest BCUT2D eigenvalue weighted by Gasteiger charge is -2.27. The third-order valence-corrected chi connectivity index (χ3v) is 5.54. The molecule has 1 saturated carbocycles. The Balaban J connectivity index is 1.91. The van der Waals surface area contributed by atoms with Crippen LogP contribution in [0.2, 0.25) is 0 Å². The van der Waals surface area contributed by atoms with Crippen LogP contribution in [0.25, 0.3) is 0 Å². The van der Waals surface area contributed by atoms with Gasteiger partial charge in [-0.25, -0.2) is 0 Å². The van der Waals surface area contributed by atoms with Crippen LogP contribution >= 0.6 is 11.8 Å². The molecule has 2 N–H and O–H groups in total. The predicted octanol–water partition coefficient (Wildman–Crippen LogP) is 4.15. The van der Waals surface area contributed by atoms with Gasteiger partial charge in [0.2, 0.25) is 0 Å². The molecule has 0 heterocycles. The van der Waals surface area contributed by atoms with Crippen LogP contribution in [0.4, 0.5) is 0 Å². The van der Waals surface area contributed by atoms with Gasteiger partial charge < -0.3 is 10.5 Å². The minimum Gasteiger partial charge on any atom is -0.497 e. The number of hydrogen-bond acceptors (Lipinski definition) is 3. The molecule has 1 aromatic rings. The van der Waals surface area contributed by atoms with Crippen LogP contribution in [0.5, 0.6) is 5.75 Å². The van der Waals surface area contributed by atoms with E-state index in [1.807, 2.05) is 12.1 Å². The molecule has 0 aliphatic heterocycles. The Hall–Kier alpha value is -0.670. The number of rotatable bonds is 5. The van der Waals surface area contributed by atoms with E-state index in [0.29, 0.717) is 5.25 Å². The van der Waals surface area contributed by atoms with Crippen molar-refractivity contribution in [2.75, 3.05) is 7.11 Å². The Morgan fingerprint density at radius 2 is 1.79 bits per heavy atom. The molecule has 1 aromatic carbocycles. The Morgan fingerprint density at radius 3 is 2.37 bits per heavy atom. The molecular weight excluding hydrogens is 254 g/mol. The molecule has 2 nitrogen and oxygen atoms in total. The van der Waals surface area contributed by atoms with Gasteiger partial charge in [-0.1, -0.05) is 38.3 Å². The molecule has 3 heteroatoms. The minimum atomic E-state index is 0.109. The maximum absolute atomic E-state index is 6.39. The highest BCUT2D eigenvalue weighted by Gasteiger charge is 2.21. The lowest BCUT2D eigenvalue weighted by Crippen LogP contribution is -2.24. The van der Waals surface area contributed by atoms with Crippen LogP contribution in [0, 0.1) is 0 Å². The number of ether oxygens (including phenoxy) is 1. The molecule has 19 heavy (non-hydrogen) atoms. The fourth-order valence-corrected chi connectivity index (χ4v) is 4.23. The van der Waals surface area contributed by atoms with E-state index in [1.54, 1.807) is 7.11 Å². The van der Waals surface area contributed by atoms with Crippen molar-refractivity contribution in [1.82, 2.24) is 0 Å². The maximum atomic E-state index is 6.39. The summed E-state index contributed by atoms with van der Waals surface area (Å²) >= 11 is 2.08. The molecule has 0 saturated heterocycles. The summed E-state index contributed by atoms with van der Waals surface area (Å²) in [6.07, 6.45) is 6.93. The number of methoxy groups -OCH3 is 1. The molecular formula is C16H25NOS. The van der Waals surface area contributed by atoms with Gasteiger partial charge in [-0.3, -0.25) is 0 Å². The highest BCUT2D eigenvalue weighted by molar-refractivity contribution is 8.00. The molecule has 0 spiro atoms. The van der Waals surface area contributed by atoms with Gasteiger partial charge in [0.1, 0.15) is 5.75 Å². The average molecular weight is 279 g/mol. The van der Waals surface area contributed by atoms with Crippen molar-refractivity contribution in [3.05, 3.63) is 29.8 Å². The first kappa shape index (κ1) is 14.7. The molecule has 0 amide bonds. The maximum Gasteiger partial charge on any atom is 0.118 e. The van der Waals surface area contributed by atoms with E-state index < -0.39 is 0 Å². The fourth-order valence-electron chi connectivity index (χ4n) is 2.69. The number of hydrogen-bond donors (Lipinski definition) is 1. The first-order chi connectivity index (χ1) is 9.20. The van der Waals surface area contributed by atoms with Gasteiger partial charge in [0, 0.05) is 16.5 Å². The monoisotopic (exact) mass is 279 g/mol. The van der Waals surface area contributed by atoms with E-state index in [-0.39, 0.29) is 6.04 Å². The third-order valence-electron chi connectivity index (χ3n) is 3.97. The van der Waals surface area contributed by atoms with Crippen molar-refractivity contribution < 1.29 is 4.74 Å². The Kier molecular flexibility index (Phi) is 5.59. The standard InChI is InChI=1S/C16H25NOS/c1-12(19-15-6-4-3-5-7-15)16(17)13-8-10-14(18-2)11-9-13/h8-12,15-16H,3-7,17H2,1-2H3. The summed E-state index contributed by atoms with van der Waals surface area (Å²) in [6.45, 7) is 2.26. The zero-order chi connectivity index (χ0) is 13.7. The highest BCUT2D eigenvalue weighted by atomic mass is 32.2. The molecule has 2 unspecified atom stereocenters. The molecule has 1 aliphatic rings. The zero-order valence-electron chi connectivity index (χ0n) is 12.0. The third kappa shape index (κ3) is 4.15. The molecule has 0 bridgehead atoms. The summed E-state index contributed by atoms with van der Waals surface area (Å²) in [5.74, 6) is 0.892. The normalized spacial score (nSPS) is 19.9. The van der Waals surface area contributed by atoms with Crippen molar-refractivity contribution in [2.24, 2.45) is 5.73 Å². The second-order valence-electron chi connectivity index (χ2n) is 5.40. The second-order valence-corrected chi connectivity index (χ2v) is 7.08. The van der Waals surface area contributed by atoms with E-state index in [1.165, 1.54) is 37.7 Å². The van der Waals surface area contributed by atoms with Gasteiger partial charge in [-0.05, 0) is 30.5 Å². The largest absolute Gasteiger partial charge is 0.497 e. The van der Waals surface area contributed by atoms with Gasteiger partial charge in [0.25, 0.3) is 0 Å². The van der Waals surface area contributed by atoms with Crippen LogP contribution in [0.15, 0.2) is 24.3 Å². The second kappa shape index (κ2) is 7.20. The van der Waals surface area contributed by atoms with Gasteiger partial charge in [0.05, 0.1) is 7.11 Å². The minimum absolute atomic E-state index is 0.109. The van der Waals surface area contributed by atoms with E-state index in [9.17, 15) is 0 Å². The van der Waals surface area contributed by atoms with Gasteiger partial charge in [-0.15, -0.1) is 0 Å². The topological polar surface area (TPSA) is 35.2 Å². The zero-order valence-corrected chi connectivity index (χ0v) is 12.8. The molecule has 1 fully saturated rings. The SMILES string of the molecule is COc1ccc(C(N)C(C)SC2CCCCC2)cc1. The molecule has 0 radical (unpaired) electrons. The lowest BCUT2D eigenvalue weighted by molar-refractivity contribution is 0.414. The summed E-state index contributed by atoms with van der Waals surface area (Å²) in [4.78, 5) is 0. The lowest BCUT2D eigenvalue weighted by atomic mass is 10.0. The smallest absolute Gasteiger partial charge is 0.118 e. The Morgan fingerprint density at radius 1 is 1.16 bits per heavy atom. The van der Waals surface area contributed by atoms with E-state index >= 15 is 0 Å². The quantitative estimate of drug-likeness (QED) is 0.879. The number of nitrogens with two attached hydrogens (primary N) is 1. The first-order valence-electron chi connectivity index (χ1n) is 7.25. The van der Waals surface area contributed by atoms with E-state index in [4.69, 9.17) is 10.5 Å². The van der Waals surface area contributed by atoms with Crippen LogP contribution < -0.4 is 10.5 Å². The van der Waals surface area contributed by atoms with E-state index in [0.717, 1.165) is 11.0 Å². The molecule has 2 atom stereocenters. The molecule has 1 aliphatic carbocycles. The van der Waals surface area contributed by atoms with Gasteiger partial charge in [0.15, 0.2) is 0 Å². The van der Waals surface area contributed by atoms with Crippen molar-refractivity contribution in [3.63, 3.8) is 0 Å². The fraction of sp³-hybridized carbons (Fsp3) is 0.625. The summed E-state index contributed by atoms with van der Waals surface area (Å²) in [7, 11) is 1.69. The van der Waals surface area contributed by atoms with Crippen molar-refractivity contribution in [1.29, 1.82) is 0 Å². The molecule has 106 valence electrons. The van der Waals surface area contributed by atoms with Crippen LogP contribution in [0.3, 0.4) is 0 Å². The van der Waals surface area contributed by atoms with Crippen molar-refractivity contribution in [3.8, 4) is 5.75 Å². The van der Waals surface area contributed by atoms with Crippen LogP contribution in [-0.4, -0.2) is 17.6 Å².